The first-order chi connectivity index (χ1) is 16.5. The lowest BCUT2D eigenvalue weighted by Gasteiger charge is -2.19. The van der Waals surface area contributed by atoms with Crippen LogP contribution in [0.1, 0.15) is 99.2 Å². The lowest BCUT2D eigenvalue weighted by molar-refractivity contribution is 0.0690. The van der Waals surface area contributed by atoms with Gasteiger partial charge in [0.25, 0.3) is 11.8 Å². The third kappa shape index (κ3) is 7.07. The molecule has 0 spiro atoms. The van der Waals surface area contributed by atoms with Crippen LogP contribution in [0.4, 0.5) is 0 Å². The highest BCUT2D eigenvalue weighted by atomic mass is 35.5. The summed E-state index contributed by atoms with van der Waals surface area (Å²) in [5.74, 6) is -1.66. The molecule has 36 heavy (non-hydrogen) atoms. The van der Waals surface area contributed by atoms with E-state index < -0.39 is 24.0 Å². The fourth-order valence-corrected chi connectivity index (χ4v) is 5.80. The third-order valence-electron chi connectivity index (χ3n) is 5.19. The summed E-state index contributed by atoms with van der Waals surface area (Å²) in [6.07, 6.45) is 0. The number of amides is 2. The van der Waals surface area contributed by atoms with Gasteiger partial charge in [-0.3, -0.25) is 9.59 Å². The normalized spacial score (nSPS) is 13.7. The quantitative estimate of drug-likeness (QED) is 0.277. The molecule has 3 aromatic heterocycles. The Morgan fingerprint density at radius 1 is 0.778 bits per heavy atom. The van der Waals surface area contributed by atoms with Crippen LogP contribution in [0.3, 0.4) is 0 Å². The lowest BCUT2D eigenvalue weighted by Crippen LogP contribution is -2.32. The molecule has 3 heterocycles. The second kappa shape index (κ2) is 12.7. The van der Waals surface area contributed by atoms with E-state index >= 15 is 0 Å². The van der Waals surface area contributed by atoms with Crippen molar-refractivity contribution in [2.45, 2.75) is 52.7 Å². The number of nitrogens with one attached hydrogen (secondary N) is 2. The van der Waals surface area contributed by atoms with Gasteiger partial charge in [0, 0.05) is 16.1 Å². The molecule has 3 atom stereocenters. The molecule has 0 unspecified atom stereocenters. The van der Waals surface area contributed by atoms with Crippen molar-refractivity contribution in [3.63, 3.8) is 0 Å². The number of carboxylic acids is 1. The van der Waals surface area contributed by atoms with Gasteiger partial charge in [-0.2, -0.15) is 0 Å². The zero-order valence-electron chi connectivity index (χ0n) is 20.3. The average Bonchev–Trinajstić information content (AvgIpc) is 3.56. The summed E-state index contributed by atoms with van der Waals surface area (Å²) in [7, 11) is 0. The van der Waals surface area contributed by atoms with Gasteiger partial charge in [0.05, 0.1) is 18.1 Å². The minimum atomic E-state index is -1.11. The number of nitrogens with two attached hydrogens (primary N) is 1. The molecule has 0 radical (unpaired) electrons. The number of hydrogen-bond donors (Lipinski definition) is 4. The highest BCUT2D eigenvalue weighted by Gasteiger charge is 2.26. The van der Waals surface area contributed by atoms with E-state index in [4.69, 9.17) is 10.8 Å². The van der Waals surface area contributed by atoms with Gasteiger partial charge >= 0.3 is 5.97 Å². The van der Waals surface area contributed by atoms with Crippen LogP contribution >= 0.6 is 46.4 Å². The summed E-state index contributed by atoms with van der Waals surface area (Å²) >= 11 is 3.80. The Bertz CT molecular complexity index is 1210. The number of nitrogens with zero attached hydrogens (tertiary/aromatic N) is 3. The minimum Gasteiger partial charge on any atom is -0.476 e. The van der Waals surface area contributed by atoms with E-state index in [0.717, 1.165) is 0 Å². The first-order valence-electron chi connectivity index (χ1n) is 10.9. The molecule has 3 rings (SSSR count). The third-order valence-corrected chi connectivity index (χ3v) is 8.09. The van der Waals surface area contributed by atoms with Crippen molar-refractivity contribution in [1.29, 1.82) is 0 Å². The number of carbonyl (C=O) groups is 3. The molecule has 0 aliphatic carbocycles. The molecule has 196 valence electrons. The van der Waals surface area contributed by atoms with Gasteiger partial charge in [0.15, 0.2) is 5.69 Å². The van der Waals surface area contributed by atoms with Crippen molar-refractivity contribution in [3.8, 4) is 0 Å². The number of hydrogen-bond acceptors (Lipinski definition) is 10. The second-order valence-corrected chi connectivity index (χ2v) is 11.3. The number of carbonyl (C=O) groups excluding carboxylic acids is 2. The van der Waals surface area contributed by atoms with Crippen LogP contribution in [0.2, 0.25) is 0 Å². The Morgan fingerprint density at radius 3 is 1.78 bits per heavy atom. The number of halogens is 1. The van der Waals surface area contributed by atoms with Crippen molar-refractivity contribution in [1.82, 2.24) is 25.6 Å². The van der Waals surface area contributed by atoms with Gasteiger partial charge in [-0.15, -0.1) is 46.4 Å². The summed E-state index contributed by atoms with van der Waals surface area (Å²) in [4.78, 5) is 49.5. The smallest absolute Gasteiger partial charge is 0.355 e. The van der Waals surface area contributed by atoms with E-state index in [-0.39, 0.29) is 47.6 Å². The van der Waals surface area contributed by atoms with Gasteiger partial charge in [-0.1, -0.05) is 27.7 Å². The average molecular weight is 573 g/mol. The van der Waals surface area contributed by atoms with E-state index in [2.05, 4.69) is 25.6 Å². The van der Waals surface area contributed by atoms with Crippen molar-refractivity contribution in [3.05, 3.63) is 48.2 Å². The summed E-state index contributed by atoms with van der Waals surface area (Å²) in [6.45, 7) is 9.60. The van der Waals surface area contributed by atoms with Gasteiger partial charge in [0.2, 0.25) is 0 Å². The molecule has 0 saturated carbocycles. The molecule has 0 fully saturated rings. The Kier molecular flexibility index (Phi) is 10.5. The number of aromatic nitrogens is 3. The zero-order valence-corrected chi connectivity index (χ0v) is 23.6. The van der Waals surface area contributed by atoms with Crippen LogP contribution in [-0.2, 0) is 0 Å². The molecular formula is C22H29ClN6O4S3. The van der Waals surface area contributed by atoms with Crippen LogP contribution in [0.5, 0.6) is 0 Å². The molecule has 0 aliphatic heterocycles. The van der Waals surface area contributed by atoms with Crippen LogP contribution in [0.15, 0.2) is 16.1 Å². The van der Waals surface area contributed by atoms with Crippen molar-refractivity contribution in [2.75, 3.05) is 0 Å². The largest absolute Gasteiger partial charge is 0.476 e. The predicted octanol–water partition coefficient (Wildman–Crippen LogP) is 4.45. The first-order valence-corrected chi connectivity index (χ1v) is 13.6. The molecular weight excluding hydrogens is 544 g/mol. The Labute approximate surface area is 227 Å². The Morgan fingerprint density at radius 2 is 1.25 bits per heavy atom. The molecule has 10 nitrogen and oxygen atoms in total. The summed E-state index contributed by atoms with van der Waals surface area (Å²) < 4.78 is 0. The van der Waals surface area contributed by atoms with E-state index in [1.54, 1.807) is 17.7 Å². The molecule has 0 saturated heterocycles. The molecule has 0 bridgehead atoms. The zero-order chi connectivity index (χ0) is 25.9. The molecule has 3 aromatic rings. The Hall–Kier alpha value is -2.45. The number of aromatic carboxylic acids is 1. The maximum absolute atomic E-state index is 12.9. The van der Waals surface area contributed by atoms with Crippen molar-refractivity contribution < 1.29 is 19.5 Å². The molecule has 0 aromatic carbocycles. The van der Waals surface area contributed by atoms with Crippen LogP contribution < -0.4 is 16.4 Å². The summed E-state index contributed by atoms with van der Waals surface area (Å²) in [5, 5.41) is 21.4. The van der Waals surface area contributed by atoms with Gasteiger partial charge < -0.3 is 21.5 Å². The topological polar surface area (TPSA) is 160 Å². The summed E-state index contributed by atoms with van der Waals surface area (Å²) in [5.41, 5.74) is 6.58. The molecule has 0 aliphatic rings. The van der Waals surface area contributed by atoms with Gasteiger partial charge in [-0.05, 0) is 18.8 Å². The maximum Gasteiger partial charge on any atom is 0.355 e. The second-order valence-electron chi connectivity index (χ2n) is 8.68. The monoisotopic (exact) mass is 572 g/mol. The lowest BCUT2D eigenvalue weighted by atomic mass is 10.1. The number of thiazole rings is 3. The van der Waals surface area contributed by atoms with Crippen LogP contribution in [0.25, 0.3) is 0 Å². The Balaban J connectivity index is 0.00000456. The van der Waals surface area contributed by atoms with Crippen molar-refractivity contribution in [2.24, 2.45) is 17.6 Å². The highest BCUT2D eigenvalue weighted by Crippen LogP contribution is 2.27. The SMILES string of the molecule is CC(C)[C@H](N)c1nc(C(=O)N[C@@H](C)c2nc(C(=O)N[C@H](c3nc(C(=O)O)cs3)C(C)C)cs2)cs1.Cl. The molecule has 14 heteroatoms. The van der Waals surface area contributed by atoms with Crippen LogP contribution in [-0.4, -0.2) is 37.8 Å². The fourth-order valence-electron chi connectivity index (χ4n) is 3.01. The van der Waals surface area contributed by atoms with E-state index in [0.29, 0.717) is 20.7 Å². The fraction of sp³-hybridized carbons (Fsp3) is 0.455. The highest BCUT2D eigenvalue weighted by molar-refractivity contribution is 7.10. The number of carboxylic acid groups (broad SMARTS) is 1. The van der Waals surface area contributed by atoms with E-state index in [1.165, 1.54) is 39.4 Å². The van der Waals surface area contributed by atoms with Crippen LogP contribution in [0, 0.1) is 11.8 Å². The molecule has 5 N–H and O–H groups in total. The molecule has 2 amide bonds. The maximum atomic E-state index is 12.9. The minimum absolute atomic E-state index is 0. The summed E-state index contributed by atoms with van der Waals surface area (Å²) in [6, 6.07) is -1.12. The van der Waals surface area contributed by atoms with Crippen molar-refractivity contribution >= 4 is 64.2 Å². The standard InChI is InChI=1S/C22H28N6O4S3.ClH/c1-9(2)15(23)20-26-12(7-34-20)17(29)24-11(5)19-25-13(6-33-19)18(30)28-16(10(3)4)21-27-14(8-35-21)22(31)32;/h6-11,15-16H,23H2,1-5H3,(H,24,29)(H,28,30)(H,31,32);1H/t11-,15-,16-;/m0./s1. The van der Waals surface area contributed by atoms with E-state index in [9.17, 15) is 14.4 Å². The predicted molar refractivity (Wildman–Crippen MR) is 143 cm³/mol. The van der Waals surface area contributed by atoms with Gasteiger partial charge in [0.1, 0.15) is 26.4 Å². The van der Waals surface area contributed by atoms with Gasteiger partial charge in [-0.25, -0.2) is 19.7 Å². The van der Waals surface area contributed by atoms with E-state index in [1.807, 2.05) is 27.7 Å². The first kappa shape index (κ1) is 29.8. The number of rotatable bonds is 10.